The van der Waals surface area contributed by atoms with Crippen LogP contribution in [-0.2, 0) is 4.79 Å². The number of allylic oxidation sites excluding steroid dienone is 2. The molecule has 0 atom stereocenters. The van der Waals surface area contributed by atoms with Crippen LogP contribution in [0.2, 0.25) is 0 Å². The summed E-state index contributed by atoms with van der Waals surface area (Å²) in [6, 6.07) is 0. The van der Waals surface area contributed by atoms with Crippen LogP contribution in [0.4, 0.5) is 0 Å². The molecule has 0 aromatic heterocycles. The van der Waals surface area contributed by atoms with Crippen molar-refractivity contribution >= 4 is 5.78 Å². The Hall–Kier alpha value is -1.05. The lowest BCUT2D eigenvalue weighted by Gasteiger charge is -2.05. The Morgan fingerprint density at radius 3 is 3.10 bits per heavy atom. The molecular weight excluding hydrogens is 126 g/mol. The molecule has 0 bridgehead atoms. The largest absolute Gasteiger partial charge is 0.387 e. The highest BCUT2D eigenvalue weighted by Crippen LogP contribution is 2.02. The number of rotatable bonds is 2. The first-order valence-electron chi connectivity index (χ1n) is 3.48. The predicted octanol–water partition coefficient (Wildman–Crippen LogP) is 1.01. The predicted molar refractivity (Wildman–Crippen MR) is 40.5 cm³/mol. The molecule has 0 aromatic carbocycles. The second-order valence-corrected chi connectivity index (χ2v) is 2.19. The van der Waals surface area contributed by atoms with E-state index in [-0.39, 0.29) is 5.78 Å². The van der Waals surface area contributed by atoms with Gasteiger partial charge >= 0.3 is 0 Å². The van der Waals surface area contributed by atoms with Crippen LogP contribution in [-0.4, -0.2) is 12.3 Å². The number of nitrogens with one attached hydrogen (secondary N) is 1. The van der Waals surface area contributed by atoms with Crippen LogP contribution in [0.5, 0.6) is 0 Å². The average molecular weight is 137 g/mol. The van der Waals surface area contributed by atoms with Crippen LogP contribution in [0.25, 0.3) is 0 Å². The van der Waals surface area contributed by atoms with Crippen LogP contribution in [0.3, 0.4) is 0 Å². The first kappa shape index (κ1) is 7.06. The number of hydrogen-bond acceptors (Lipinski definition) is 2. The van der Waals surface area contributed by atoms with E-state index in [0.29, 0.717) is 6.42 Å². The van der Waals surface area contributed by atoms with Gasteiger partial charge in [-0.25, -0.2) is 0 Å². The summed E-state index contributed by atoms with van der Waals surface area (Å²) in [5.74, 6) is 0.198. The number of ketones is 1. The van der Waals surface area contributed by atoms with Gasteiger partial charge in [0.2, 0.25) is 0 Å². The van der Waals surface area contributed by atoms with Crippen LogP contribution in [0, 0.1) is 0 Å². The van der Waals surface area contributed by atoms with Gasteiger partial charge in [-0.05, 0) is 0 Å². The van der Waals surface area contributed by atoms with E-state index in [4.69, 9.17) is 0 Å². The van der Waals surface area contributed by atoms with E-state index in [1.165, 1.54) is 0 Å². The van der Waals surface area contributed by atoms with Gasteiger partial charge in [0.1, 0.15) is 0 Å². The summed E-state index contributed by atoms with van der Waals surface area (Å²) in [6.45, 7) is 2.70. The molecule has 10 heavy (non-hydrogen) atoms. The molecule has 2 nitrogen and oxygen atoms in total. The lowest BCUT2D eigenvalue weighted by molar-refractivity contribution is -0.115. The van der Waals surface area contributed by atoms with Crippen molar-refractivity contribution in [3.8, 4) is 0 Å². The fourth-order valence-corrected chi connectivity index (χ4v) is 0.848. The number of carbonyl (C=O) groups excluding carboxylic acids is 1. The number of hydrogen-bond donors (Lipinski definition) is 1. The molecule has 0 saturated heterocycles. The van der Waals surface area contributed by atoms with E-state index in [9.17, 15) is 4.79 Å². The molecule has 0 spiro atoms. The Kier molecular flexibility index (Phi) is 2.26. The summed E-state index contributed by atoms with van der Waals surface area (Å²) in [7, 11) is 0. The summed E-state index contributed by atoms with van der Waals surface area (Å²) in [5, 5.41) is 2.98. The van der Waals surface area contributed by atoms with Crippen molar-refractivity contribution in [2.45, 2.75) is 13.3 Å². The first-order chi connectivity index (χ1) is 4.84. The maximum atomic E-state index is 11.0. The Balaban J connectivity index is 2.63. The van der Waals surface area contributed by atoms with E-state index in [1.54, 1.807) is 6.20 Å². The molecule has 54 valence electrons. The quantitative estimate of drug-likeness (QED) is 0.615. The molecule has 0 aliphatic carbocycles. The van der Waals surface area contributed by atoms with Gasteiger partial charge in [0, 0.05) is 24.7 Å². The standard InChI is InChI=1S/C8H11NO/c1-2-8(10)7-4-3-5-9-6-7/h3-4,6,9H,2,5H2,1H3. The van der Waals surface area contributed by atoms with Crippen LogP contribution >= 0.6 is 0 Å². The van der Waals surface area contributed by atoms with Crippen LogP contribution in [0.1, 0.15) is 13.3 Å². The second-order valence-electron chi connectivity index (χ2n) is 2.19. The smallest absolute Gasteiger partial charge is 0.164 e. The number of dihydropyridines is 1. The van der Waals surface area contributed by atoms with Crippen molar-refractivity contribution in [3.05, 3.63) is 23.9 Å². The van der Waals surface area contributed by atoms with Gasteiger partial charge < -0.3 is 5.32 Å². The number of carbonyl (C=O) groups is 1. The van der Waals surface area contributed by atoms with Gasteiger partial charge in [-0.2, -0.15) is 0 Å². The van der Waals surface area contributed by atoms with E-state index in [0.717, 1.165) is 12.1 Å². The van der Waals surface area contributed by atoms with Crippen molar-refractivity contribution in [1.29, 1.82) is 0 Å². The highest BCUT2D eigenvalue weighted by atomic mass is 16.1. The SMILES string of the molecule is CCC(=O)C1=CNCC=C1. The third-order valence-electron chi connectivity index (χ3n) is 1.43. The minimum Gasteiger partial charge on any atom is -0.387 e. The summed E-state index contributed by atoms with van der Waals surface area (Å²) < 4.78 is 0. The Morgan fingerprint density at radius 1 is 1.80 bits per heavy atom. The molecular formula is C8H11NO. The van der Waals surface area contributed by atoms with Crippen LogP contribution < -0.4 is 5.32 Å². The summed E-state index contributed by atoms with van der Waals surface area (Å²) in [6.07, 6.45) is 6.16. The lowest BCUT2D eigenvalue weighted by Crippen LogP contribution is -2.13. The minimum atomic E-state index is 0.198. The number of Topliss-reactive ketones (excluding diaryl/α,β-unsaturated/α-hetero) is 1. The molecule has 0 saturated carbocycles. The van der Waals surface area contributed by atoms with Gasteiger partial charge in [0.15, 0.2) is 5.78 Å². The van der Waals surface area contributed by atoms with Crippen molar-refractivity contribution in [2.75, 3.05) is 6.54 Å². The molecule has 1 N–H and O–H groups in total. The summed E-state index contributed by atoms with van der Waals surface area (Å²) >= 11 is 0. The molecule has 0 radical (unpaired) electrons. The summed E-state index contributed by atoms with van der Waals surface area (Å²) in [5.41, 5.74) is 0.786. The van der Waals surface area contributed by atoms with Gasteiger partial charge in [-0.15, -0.1) is 0 Å². The zero-order valence-electron chi connectivity index (χ0n) is 6.05. The molecule has 0 fully saturated rings. The highest BCUT2D eigenvalue weighted by Gasteiger charge is 2.03. The van der Waals surface area contributed by atoms with Crippen molar-refractivity contribution in [2.24, 2.45) is 0 Å². The third kappa shape index (κ3) is 1.47. The van der Waals surface area contributed by atoms with E-state index >= 15 is 0 Å². The molecule has 1 aliphatic rings. The molecule has 1 heterocycles. The molecule has 0 amide bonds. The van der Waals surface area contributed by atoms with Gasteiger partial charge in [0.25, 0.3) is 0 Å². The maximum absolute atomic E-state index is 11.0. The molecule has 2 heteroatoms. The maximum Gasteiger partial charge on any atom is 0.164 e. The lowest BCUT2D eigenvalue weighted by atomic mass is 10.1. The normalized spacial score (nSPS) is 15.9. The Labute approximate surface area is 60.6 Å². The van der Waals surface area contributed by atoms with Crippen molar-refractivity contribution in [1.82, 2.24) is 5.32 Å². The van der Waals surface area contributed by atoms with E-state index < -0.39 is 0 Å². The van der Waals surface area contributed by atoms with Gasteiger partial charge in [-0.1, -0.05) is 19.1 Å². The van der Waals surface area contributed by atoms with Gasteiger partial charge in [-0.3, -0.25) is 4.79 Å². The topological polar surface area (TPSA) is 29.1 Å². The third-order valence-corrected chi connectivity index (χ3v) is 1.43. The van der Waals surface area contributed by atoms with Crippen LogP contribution in [0.15, 0.2) is 23.9 Å². The Bertz CT molecular complexity index is 191. The minimum absolute atomic E-state index is 0.198. The molecule has 0 aromatic rings. The second kappa shape index (κ2) is 3.20. The highest BCUT2D eigenvalue weighted by molar-refractivity contribution is 5.97. The first-order valence-corrected chi connectivity index (χ1v) is 3.48. The Morgan fingerprint density at radius 2 is 2.60 bits per heavy atom. The van der Waals surface area contributed by atoms with Crippen molar-refractivity contribution < 1.29 is 4.79 Å². The van der Waals surface area contributed by atoms with Gasteiger partial charge in [0.05, 0.1) is 0 Å². The fraction of sp³-hybridized carbons (Fsp3) is 0.375. The zero-order chi connectivity index (χ0) is 7.40. The van der Waals surface area contributed by atoms with E-state index in [2.05, 4.69) is 5.32 Å². The van der Waals surface area contributed by atoms with Crippen molar-refractivity contribution in [3.63, 3.8) is 0 Å². The summed E-state index contributed by atoms with van der Waals surface area (Å²) in [4.78, 5) is 11.0. The molecule has 1 aliphatic heterocycles. The average Bonchev–Trinajstić information content (AvgIpc) is 2.05. The molecule has 1 rings (SSSR count). The monoisotopic (exact) mass is 137 g/mol. The zero-order valence-corrected chi connectivity index (χ0v) is 6.05. The fourth-order valence-electron chi connectivity index (χ4n) is 0.848. The van der Waals surface area contributed by atoms with E-state index in [1.807, 2.05) is 19.1 Å². The molecule has 0 unspecified atom stereocenters.